The van der Waals surface area contributed by atoms with Crippen molar-refractivity contribution >= 4 is 41.2 Å². The molecule has 17 heteroatoms. The molecule has 2 aliphatic heterocycles. The second-order valence-corrected chi connectivity index (χ2v) is 16.7. The Hall–Kier alpha value is -6.85. The molecule has 360 valence electrons. The number of carbonyl (C=O) groups is 7. The van der Waals surface area contributed by atoms with E-state index in [2.05, 4.69) is 21.3 Å². The lowest BCUT2D eigenvalue weighted by Crippen LogP contribution is -2.58. The second kappa shape index (κ2) is 25.9. The number of aryl methyl sites for hydroxylation is 2. The van der Waals surface area contributed by atoms with Crippen LogP contribution in [-0.4, -0.2) is 140 Å². The molecule has 15 nitrogen and oxygen atoms in total. The van der Waals surface area contributed by atoms with Crippen LogP contribution in [0.1, 0.15) is 35.1 Å². The molecule has 4 N–H and O–H groups in total. The van der Waals surface area contributed by atoms with Crippen molar-refractivity contribution in [2.24, 2.45) is 0 Å². The van der Waals surface area contributed by atoms with Crippen molar-refractivity contribution in [1.29, 1.82) is 0 Å². The summed E-state index contributed by atoms with van der Waals surface area (Å²) < 4.78 is 43.5. The van der Waals surface area contributed by atoms with Gasteiger partial charge in [0.05, 0.1) is 38.5 Å². The number of ether oxygens (including phenoxy) is 2. The van der Waals surface area contributed by atoms with Gasteiger partial charge in [-0.2, -0.15) is 0 Å². The highest BCUT2D eigenvalue weighted by Crippen LogP contribution is 2.17. The molecule has 6 atom stereocenters. The molecule has 6 rings (SSSR count). The fourth-order valence-electron chi connectivity index (χ4n) is 7.92. The number of carbonyl (C=O) groups excluding carboxylic acids is 7. The molecular weight excluding hydrogens is 879 g/mol. The Morgan fingerprint density at radius 3 is 1.06 bits per heavy atom. The van der Waals surface area contributed by atoms with Gasteiger partial charge in [0.15, 0.2) is 11.6 Å². The van der Waals surface area contributed by atoms with Crippen LogP contribution in [0, 0.1) is 0 Å². The van der Waals surface area contributed by atoms with Crippen LogP contribution in [0.3, 0.4) is 0 Å². The molecule has 0 aromatic heterocycles. The quantitative estimate of drug-likeness (QED) is 0.0847. The van der Waals surface area contributed by atoms with Gasteiger partial charge >= 0.3 is 12.1 Å². The molecule has 2 unspecified atom stereocenters. The zero-order valence-electron chi connectivity index (χ0n) is 37.7. The molecule has 68 heavy (non-hydrogen) atoms. The van der Waals surface area contributed by atoms with Crippen molar-refractivity contribution in [2.45, 2.75) is 75.0 Å². The molecule has 0 aliphatic carbocycles. The van der Waals surface area contributed by atoms with Gasteiger partial charge in [-0.25, -0.2) is 18.4 Å². The number of rotatable bonds is 22. The molecule has 2 heterocycles. The summed E-state index contributed by atoms with van der Waals surface area (Å²) in [6.45, 7) is 2.28. The van der Waals surface area contributed by atoms with Gasteiger partial charge in [-0.3, -0.25) is 24.0 Å². The van der Waals surface area contributed by atoms with E-state index < -0.39 is 77.7 Å². The Labute approximate surface area is 394 Å². The fourth-order valence-corrected chi connectivity index (χ4v) is 7.92. The molecule has 0 spiro atoms. The Bertz CT molecular complexity index is 2130. The van der Waals surface area contributed by atoms with E-state index in [1.54, 1.807) is 121 Å². The third-order valence-electron chi connectivity index (χ3n) is 11.8. The van der Waals surface area contributed by atoms with Gasteiger partial charge in [0.2, 0.25) is 29.9 Å². The molecular formula is C51H58F2N6O9. The Balaban J connectivity index is 1.21. The van der Waals surface area contributed by atoms with Gasteiger partial charge in [0.1, 0.15) is 12.1 Å². The summed E-state index contributed by atoms with van der Waals surface area (Å²) in [5, 5.41) is 10.5. The standard InChI is InChI=1S/C51H58F2N6O9/c52-43(45(60)39(23-21-35-13-5-1-6-14-35)54-48(63)41(33-37-17-9-3-10-18-37)56-50(65)58-25-29-67-30-26-58)47(62)44(53)46(61)40(24-22-36-15-7-2-8-16-36)55-49(64)42(34-38-19-11-4-12-20-38)57-51(66)59-27-31-68-32-28-59/h1-20,39-44H,21-34H2,(H,54,63)(H,55,64)(H,56,65)(H,57,66)/t39-,40-,41-,42-,43?,44?/m0/s1. The normalized spacial score (nSPS) is 16.4. The van der Waals surface area contributed by atoms with Gasteiger partial charge in [-0.15, -0.1) is 0 Å². The van der Waals surface area contributed by atoms with E-state index >= 15 is 8.78 Å². The van der Waals surface area contributed by atoms with Crippen molar-refractivity contribution in [2.75, 3.05) is 52.6 Å². The first-order valence-electron chi connectivity index (χ1n) is 22.9. The van der Waals surface area contributed by atoms with E-state index in [0.717, 1.165) is 0 Å². The Kier molecular flexibility index (Phi) is 19.3. The predicted octanol–water partition coefficient (Wildman–Crippen LogP) is 3.91. The van der Waals surface area contributed by atoms with Crippen molar-refractivity contribution in [3.05, 3.63) is 144 Å². The number of Topliss-reactive ketones (excluding diaryl/α,β-unsaturated/α-hetero) is 3. The number of nitrogens with zero attached hydrogens (tertiary/aromatic N) is 2. The molecule has 0 radical (unpaired) electrons. The van der Waals surface area contributed by atoms with Gasteiger partial charge in [-0.1, -0.05) is 121 Å². The van der Waals surface area contributed by atoms with E-state index in [9.17, 15) is 33.6 Å². The average Bonchev–Trinajstić information content (AvgIpc) is 3.38. The molecule has 0 saturated carbocycles. The number of amides is 6. The van der Waals surface area contributed by atoms with Gasteiger partial charge in [0.25, 0.3) is 0 Å². The number of hydrogen-bond donors (Lipinski definition) is 4. The summed E-state index contributed by atoms with van der Waals surface area (Å²) in [5.74, 6) is -6.70. The minimum atomic E-state index is -3.21. The van der Waals surface area contributed by atoms with Crippen LogP contribution in [0.5, 0.6) is 0 Å². The molecule has 2 saturated heterocycles. The number of morpholine rings is 2. The monoisotopic (exact) mass is 936 g/mol. The minimum absolute atomic E-state index is 0.0133. The van der Waals surface area contributed by atoms with Crippen molar-refractivity contribution < 1.29 is 51.8 Å². The maximum Gasteiger partial charge on any atom is 0.318 e. The summed E-state index contributed by atoms with van der Waals surface area (Å²) in [6, 6.07) is 28.0. The topological polar surface area (TPSA) is 193 Å². The number of alkyl halides is 2. The van der Waals surface area contributed by atoms with Crippen LogP contribution in [0.4, 0.5) is 18.4 Å². The van der Waals surface area contributed by atoms with Crippen molar-refractivity contribution in [3.63, 3.8) is 0 Å². The van der Waals surface area contributed by atoms with Gasteiger partial charge in [-0.05, 0) is 47.9 Å². The minimum Gasteiger partial charge on any atom is -0.378 e. The molecule has 4 aromatic rings. The largest absolute Gasteiger partial charge is 0.378 e. The summed E-state index contributed by atoms with van der Waals surface area (Å²) in [6.07, 6.45) is -6.65. The molecule has 0 bridgehead atoms. The van der Waals surface area contributed by atoms with E-state index in [-0.39, 0.29) is 64.7 Å². The summed E-state index contributed by atoms with van der Waals surface area (Å²) >= 11 is 0. The number of urea groups is 2. The first-order valence-corrected chi connectivity index (χ1v) is 22.9. The summed E-state index contributed by atoms with van der Waals surface area (Å²) in [4.78, 5) is 99.6. The zero-order valence-corrected chi connectivity index (χ0v) is 37.7. The number of halogens is 2. The predicted molar refractivity (Wildman–Crippen MR) is 248 cm³/mol. The summed E-state index contributed by atoms with van der Waals surface area (Å²) in [5.41, 5.74) is 2.76. The lowest BCUT2D eigenvalue weighted by Gasteiger charge is -2.30. The van der Waals surface area contributed by atoms with E-state index in [1.807, 2.05) is 0 Å². The highest BCUT2D eigenvalue weighted by Gasteiger charge is 2.43. The highest BCUT2D eigenvalue weighted by molar-refractivity contribution is 6.18. The van der Waals surface area contributed by atoms with Crippen LogP contribution in [-0.2, 0) is 59.1 Å². The zero-order chi connectivity index (χ0) is 48.3. The third-order valence-corrected chi connectivity index (χ3v) is 11.8. The molecule has 2 fully saturated rings. The van der Waals surface area contributed by atoms with Gasteiger partial charge in [0, 0.05) is 39.0 Å². The third kappa shape index (κ3) is 15.1. The van der Waals surface area contributed by atoms with E-state index in [1.165, 1.54) is 9.80 Å². The molecule has 6 amide bonds. The van der Waals surface area contributed by atoms with Crippen molar-refractivity contribution in [1.82, 2.24) is 31.1 Å². The Morgan fingerprint density at radius 2 is 0.735 bits per heavy atom. The number of hydrogen-bond acceptors (Lipinski definition) is 9. The van der Waals surface area contributed by atoms with Gasteiger partial charge < -0.3 is 40.5 Å². The van der Waals surface area contributed by atoms with E-state index in [4.69, 9.17) is 9.47 Å². The molecule has 2 aliphatic rings. The fraction of sp³-hybridized carbons (Fsp3) is 0.392. The number of nitrogens with one attached hydrogen (secondary N) is 4. The maximum absolute atomic E-state index is 16.4. The van der Waals surface area contributed by atoms with Crippen molar-refractivity contribution in [3.8, 4) is 0 Å². The lowest BCUT2D eigenvalue weighted by molar-refractivity contribution is -0.144. The number of ketones is 3. The van der Waals surface area contributed by atoms with Crippen LogP contribution in [0.15, 0.2) is 121 Å². The second-order valence-electron chi connectivity index (χ2n) is 16.7. The van der Waals surface area contributed by atoms with Crippen LogP contribution < -0.4 is 21.3 Å². The van der Waals surface area contributed by atoms with Crippen LogP contribution in [0.2, 0.25) is 0 Å². The maximum atomic E-state index is 16.4. The summed E-state index contributed by atoms with van der Waals surface area (Å²) in [7, 11) is 0. The SMILES string of the molecule is O=C(C(F)C(=O)[C@H](CCc1ccccc1)NC(=O)[C@H](Cc1ccccc1)NC(=O)N1CCOCC1)C(F)C(=O)[C@H](CCc1ccccc1)NC(=O)[C@H](Cc1ccccc1)NC(=O)N1CCOCC1. The van der Waals surface area contributed by atoms with Crippen LogP contribution >= 0.6 is 0 Å². The molecule has 4 aromatic carbocycles. The number of benzene rings is 4. The van der Waals surface area contributed by atoms with E-state index in [0.29, 0.717) is 48.7 Å². The Morgan fingerprint density at radius 1 is 0.426 bits per heavy atom. The first kappa shape index (κ1) is 50.6. The highest BCUT2D eigenvalue weighted by atomic mass is 19.1. The first-order chi connectivity index (χ1) is 33.0. The average molecular weight is 937 g/mol. The van der Waals surface area contributed by atoms with Crippen LogP contribution in [0.25, 0.3) is 0 Å². The lowest BCUT2D eigenvalue weighted by atomic mass is 9.92. The smallest absolute Gasteiger partial charge is 0.318 e.